The van der Waals surface area contributed by atoms with Crippen LogP contribution in [0.15, 0.2) is 48.5 Å². The lowest BCUT2D eigenvalue weighted by molar-refractivity contribution is -0.141. The molecular weight excluding hydrogens is 478 g/mol. The molecule has 2 amide bonds. The van der Waals surface area contributed by atoms with Crippen LogP contribution in [0.4, 0.5) is 5.69 Å². The summed E-state index contributed by atoms with van der Waals surface area (Å²) in [6.07, 6.45) is 1.52. The van der Waals surface area contributed by atoms with Crippen molar-refractivity contribution in [3.63, 3.8) is 0 Å². The summed E-state index contributed by atoms with van der Waals surface area (Å²) in [7, 11) is -2.06. The molecule has 0 spiro atoms. The second-order valence-electron chi connectivity index (χ2n) is 10.1. The van der Waals surface area contributed by atoms with Gasteiger partial charge in [-0.1, -0.05) is 35.9 Å². The van der Waals surface area contributed by atoms with Gasteiger partial charge in [-0.25, -0.2) is 8.42 Å². The quantitative estimate of drug-likeness (QED) is 0.488. The minimum atomic E-state index is -3.58. The van der Waals surface area contributed by atoms with Crippen molar-refractivity contribution >= 4 is 27.5 Å². The van der Waals surface area contributed by atoms with E-state index in [9.17, 15) is 18.0 Å². The van der Waals surface area contributed by atoms with Crippen LogP contribution in [-0.4, -0.2) is 56.6 Å². The zero-order valence-corrected chi connectivity index (χ0v) is 23.2. The van der Waals surface area contributed by atoms with E-state index in [-0.39, 0.29) is 31.3 Å². The van der Waals surface area contributed by atoms with E-state index in [1.165, 1.54) is 11.4 Å². The smallest absolute Gasteiger partial charge is 0.242 e. The molecule has 36 heavy (non-hydrogen) atoms. The van der Waals surface area contributed by atoms with E-state index in [0.717, 1.165) is 17.4 Å². The molecule has 1 atom stereocenters. The largest absolute Gasteiger partial charge is 0.497 e. The fourth-order valence-corrected chi connectivity index (χ4v) is 4.79. The number of hydrogen-bond acceptors (Lipinski definition) is 5. The highest BCUT2D eigenvalue weighted by molar-refractivity contribution is 7.92. The zero-order chi connectivity index (χ0) is 27.1. The van der Waals surface area contributed by atoms with Crippen molar-refractivity contribution in [1.29, 1.82) is 0 Å². The van der Waals surface area contributed by atoms with Gasteiger partial charge < -0.3 is 15.0 Å². The average molecular weight is 518 g/mol. The number of ether oxygens (including phenoxy) is 1. The summed E-state index contributed by atoms with van der Waals surface area (Å²) in [5.41, 5.74) is 2.02. The number of aryl methyl sites for hydroxylation is 1. The van der Waals surface area contributed by atoms with Gasteiger partial charge in [0, 0.05) is 31.1 Å². The van der Waals surface area contributed by atoms with Crippen molar-refractivity contribution in [1.82, 2.24) is 10.2 Å². The fraction of sp³-hybridized carbons (Fsp3) is 0.481. The molecule has 0 radical (unpaired) electrons. The Morgan fingerprint density at radius 3 is 2.33 bits per heavy atom. The maximum atomic E-state index is 13.4. The number of hydrogen-bond donors (Lipinski definition) is 1. The minimum Gasteiger partial charge on any atom is -0.497 e. The van der Waals surface area contributed by atoms with Gasteiger partial charge in [-0.05, 0) is 58.7 Å². The Morgan fingerprint density at radius 2 is 1.75 bits per heavy atom. The van der Waals surface area contributed by atoms with Gasteiger partial charge in [0.05, 0.1) is 19.1 Å². The SMILES string of the molecule is COc1cccc(N(CCCC(=O)N(Cc2cccc(C)c2)[C@@H](C)C(=O)NC(C)(C)C)S(C)(=O)=O)c1. The number of nitrogens with zero attached hydrogens (tertiary/aromatic N) is 2. The van der Waals surface area contributed by atoms with Gasteiger partial charge in [0.1, 0.15) is 11.8 Å². The third-order valence-corrected chi connectivity index (χ3v) is 6.79. The molecule has 8 nitrogen and oxygen atoms in total. The number of carbonyl (C=O) groups is 2. The summed E-state index contributed by atoms with van der Waals surface area (Å²) >= 11 is 0. The molecule has 0 unspecified atom stereocenters. The summed E-state index contributed by atoms with van der Waals surface area (Å²) in [5.74, 6) is 0.0880. The van der Waals surface area contributed by atoms with Crippen LogP contribution in [0.25, 0.3) is 0 Å². The molecule has 0 aliphatic heterocycles. The molecule has 0 heterocycles. The van der Waals surface area contributed by atoms with E-state index >= 15 is 0 Å². The second-order valence-corrected chi connectivity index (χ2v) is 12.0. The molecule has 198 valence electrons. The number of sulfonamides is 1. The van der Waals surface area contributed by atoms with Crippen molar-refractivity contribution in [3.05, 3.63) is 59.7 Å². The topological polar surface area (TPSA) is 96.0 Å². The lowest BCUT2D eigenvalue weighted by Gasteiger charge is -2.32. The Balaban J connectivity index is 2.20. The van der Waals surface area contributed by atoms with E-state index in [2.05, 4.69) is 5.32 Å². The Labute approximate surface area is 215 Å². The number of nitrogens with one attached hydrogen (secondary N) is 1. The maximum Gasteiger partial charge on any atom is 0.242 e. The fourth-order valence-electron chi connectivity index (χ4n) is 3.83. The predicted octanol–water partition coefficient (Wildman–Crippen LogP) is 3.88. The van der Waals surface area contributed by atoms with Gasteiger partial charge in [-0.3, -0.25) is 13.9 Å². The van der Waals surface area contributed by atoms with Crippen molar-refractivity contribution < 1.29 is 22.7 Å². The van der Waals surface area contributed by atoms with Gasteiger partial charge in [-0.15, -0.1) is 0 Å². The number of methoxy groups -OCH3 is 1. The Bertz CT molecular complexity index is 1160. The third kappa shape index (κ3) is 8.86. The lowest BCUT2D eigenvalue weighted by atomic mass is 10.1. The highest BCUT2D eigenvalue weighted by Gasteiger charge is 2.28. The number of amides is 2. The molecule has 2 aromatic carbocycles. The molecule has 0 saturated carbocycles. The average Bonchev–Trinajstić information content (AvgIpc) is 2.77. The predicted molar refractivity (Wildman–Crippen MR) is 144 cm³/mol. The van der Waals surface area contributed by atoms with Crippen molar-refractivity contribution in [2.24, 2.45) is 0 Å². The molecule has 1 N–H and O–H groups in total. The molecule has 9 heteroatoms. The van der Waals surface area contributed by atoms with Crippen LogP contribution < -0.4 is 14.4 Å². The van der Waals surface area contributed by atoms with Crippen LogP contribution in [-0.2, 0) is 26.2 Å². The van der Waals surface area contributed by atoms with Crippen molar-refractivity contribution in [2.75, 3.05) is 24.2 Å². The van der Waals surface area contributed by atoms with Gasteiger partial charge in [0.15, 0.2) is 0 Å². The molecule has 2 rings (SSSR count). The van der Waals surface area contributed by atoms with E-state index in [1.807, 2.05) is 52.0 Å². The molecule has 0 bridgehead atoms. The van der Waals surface area contributed by atoms with Crippen LogP contribution in [0.5, 0.6) is 5.75 Å². The number of carbonyl (C=O) groups excluding carboxylic acids is 2. The normalized spacial score (nSPS) is 12.5. The molecule has 0 aromatic heterocycles. The first-order valence-electron chi connectivity index (χ1n) is 12.0. The second kappa shape index (κ2) is 12.3. The van der Waals surface area contributed by atoms with Crippen LogP contribution in [0.2, 0.25) is 0 Å². The Hall–Kier alpha value is -3.07. The molecule has 0 saturated heterocycles. The standard InChI is InChI=1S/C27H39N3O5S/c1-20-11-8-12-22(17-20)19-29(21(2)26(32)28-27(3,4)5)25(31)15-10-16-30(36(7,33)34)23-13-9-14-24(18-23)35-6/h8-9,11-14,17-18,21H,10,15-16,19H2,1-7H3,(H,28,32)/t21-/m0/s1. The van der Waals surface area contributed by atoms with Gasteiger partial charge >= 0.3 is 0 Å². The first-order chi connectivity index (χ1) is 16.7. The molecule has 0 aliphatic rings. The van der Waals surface area contributed by atoms with Crippen LogP contribution in [0, 0.1) is 6.92 Å². The van der Waals surface area contributed by atoms with E-state index < -0.39 is 21.6 Å². The first-order valence-corrected chi connectivity index (χ1v) is 13.8. The van der Waals surface area contributed by atoms with Crippen LogP contribution >= 0.6 is 0 Å². The van der Waals surface area contributed by atoms with Crippen LogP contribution in [0.1, 0.15) is 51.7 Å². The highest BCUT2D eigenvalue weighted by atomic mass is 32.2. The van der Waals surface area contributed by atoms with Gasteiger partial charge in [0.25, 0.3) is 0 Å². The number of anilines is 1. The molecule has 2 aromatic rings. The summed E-state index contributed by atoms with van der Waals surface area (Å²) in [6, 6.07) is 13.9. The van der Waals surface area contributed by atoms with Crippen molar-refractivity contribution in [2.45, 2.75) is 65.6 Å². The maximum absolute atomic E-state index is 13.4. The number of benzene rings is 2. The van der Waals surface area contributed by atoms with E-state index in [1.54, 1.807) is 36.1 Å². The van der Waals surface area contributed by atoms with E-state index in [4.69, 9.17) is 4.74 Å². The monoisotopic (exact) mass is 517 g/mol. The van der Waals surface area contributed by atoms with Crippen molar-refractivity contribution in [3.8, 4) is 5.75 Å². The Kier molecular flexibility index (Phi) is 9.93. The minimum absolute atomic E-state index is 0.0922. The summed E-state index contributed by atoms with van der Waals surface area (Å²) in [5, 5.41) is 2.95. The molecular formula is C27H39N3O5S. The first kappa shape index (κ1) is 29.2. The van der Waals surface area contributed by atoms with Gasteiger partial charge in [0.2, 0.25) is 21.8 Å². The number of rotatable bonds is 11. The van der Waals surface area contributed by atoms with Gasteiger partial charge in [-0.2, -0.15) is 0 Å². The zero-order valence-electron chi connectivity index (χ0n) is 22.4. The summed E-state index contributed by atoms with van der Waals surface area (Å²) in [4.78, 5) is 27.8. The summed E-state index contributed by atoms with van der Waals surface area (Å²) < 4.78 is 31.4. The molecule has 0 aliphatic carbocycles. The third-order valence-electron chi connectivity index (χ3n) is 5.59. The summed E-state index contributed by atoms with van der Waals surface area (Å²) in [6.45, 7) is 9.77. The van der Waals surface area contributed by atoms with E-state index in [0.29, 0.717) is 17.9 Å². The highest BCUT2D eigenvalue weighted by Crippen LogP contribution is 2.24. The Morgan fingerprint density at radius 1 is 1.08 bits per heavy atom. The van der Waals surface area contributed by atoms with Crippen LogP contribution in [0.3, 0.4) is 0 Å². The lowest BCUT2D eigenvalue weighted by Crippen LogP contribution is -2.52. The molecule has 0 fully saturated rings.